The number of hydrazone groups is 1. The molecule has 0 aliphatic heterocycles. The molecule has 2 heterocycles. The van der Waals surface area contributed by atoms with Gasteiger partial charge >= 0.3 is 0 Å². The molecule has 2 aromatic heterocycles. The Hall–Kier alpha value is -2.67. The minimum atomic E-state index is -0.229. The zero-order valence-corrected chi connectivity index (χ0v) is 12.3. The summed E-state index contributed by atoms with van der Waals surface area (Å²) < 4.78 is 5.52. The highest BCUT2D eigenvalue weighted by atomic mass is 32.2. The maximum Gasteiger partial charge on any atom is 0.257 e. The number of thioether (sulfide) groups is 1. The van der Waals surface area contributed by atoms with Crippen LogP contribution in [0.15, 0.2) is 63.5 Å². The molecule has 7 heteroatoms. The number of aromatic nitrogens is 2. The summed E-state index contributed by atoms with van der Waals surface area (Å²) in [6.07, 6.45) is 4.87. The topological polar surface area (TPSA) is 80.4 Å². The van der Waals surface area contributed by atoms with E-state index in [-0.39, 0.29) is 11.7 Å². The van der Waals surface area contributed by atoms with E-state index in [1.165, 1.54) is 18.0 Å². The summed E-state index contributed by atoms with van der Waals surface area (Å²) in [5.74, 6) is -0.0515. The third-order valence-electron chi connectivity index (χ3n) is 2.69. The molecule has 0 aliphatic carbocycles. The number of fused-ring (bicyclic) bond motifs is 1. The highest BCUT2D eigenvalue weighted by Crippen LogP contribution is 2.22. The van der Waals surface area contributed by atoms with E-state index in [0.29, 0.717) is 10.8 Å². The first-order chi connectivity index (χ1) is 10.8. The summed E-state index contributed by atoms with van der Waals surface area (Å²) in [7, 11) is 0. The third kappa shape index (κ3) is 3.70. The predicted molar refractivity (Wildman–Crippen MR) is 84.7 cm³/mol. The highest BCUT2D eigenvalue weighted by Gasteiger charge is 2.08. The molecule has 22 heavy (non-hydrogen) atoms. The number of hydrogen-bond donors (Lipinski definition) is 1. The van der Waals surface area contributed by atoms with Crippen LogP contribution in [-0.2, 0) is 4.79 Å². The van der Waals surface area contributed by atoms with Gasteiger partial charge in [-0.05, 0) is 18.2 Å². The zero-order valence-electron chi connectivity index (χ0n) is 11.5. The molecule has 1 amide bonds. The molecule has 0 radical (unpaired) electrons. The van der Waals surface area contributed by atoms with Crippen LogP contribution in [0.25, 0.3) is 11.1 Å². The van der Waals surface area contributed by atoms with Gasteiger partial charge in [0.1, 0.15) is 5.52 Å². The van der Waals surface area contributed by atoms with Crippen molar-refractivity contribution in [2.45, 2.75) is 5.22 Å². The highest BCUT2D eigenvalue weighted by molar-refractivity contribution is 7.99. The smallest absolute Gasteiger partial charge is 0.257 e. The molecule has 3 rings (SSSR count). The summed E-state index contributed by atoms with van der Waals surface area (Å²) in [4.78, 5) is 19.9. The number of pyridine rings is 1. The normalized spacial score (nSPS) is 11.1. The standard InChI is InChI=1S/C15H12N4O2S/c20-14(19-17-9-11-4-3-7-16-8-11)10-22-15-18-12-5-1-2-6-13(12)21-15/h1-9H,10H2,(H,19,20). The molecule has 1 N–H and O–H groups in total. The predicted octanol–water partition coefficient (Wildman–Crippen LogP) is 2.47. The van der Waals surface area contributed by atoms with Crippen LogP contribution >= 0.6 is 11.8 Å². The number of carbonyl (C=O) groups is 1. The molecule has 6 nitrogen and oxygen atoms in total. The van der Waals surface area contributed by atoms with Crippen molar-refractivity contribution in [1.82, 2.24) is 15.4 Å². The lowest BCUT2D eigenvalue weighted by Crippen LogP contribution is -2.19. The molecule has 0 aliphatic rings. The largest absolute Gasteiger partial charge is 0.431 e. The van der Waals surface area contributed by atoms with Gasteiger partial charge in [-0.2, -0.15) is 5.10 Å². The Balaban J connectivity index is 1.51. The summed E-state index contributed by atoms with van der Waals surface area (Å²) in [5, 5.41) is 4.33. The Labute approximate surface area is 130 Å². The molecule has 0 saturated carbocycles. The first-order valence-electron chi connectivity index (χ1n) is 6.51. The third-order valence-corrected chi connectivity index (χ3v) is 3.52. The second kappa shape index (κ2) is 6.86. The van der Waals surface area contributed by atoms with E-state index in [2.05, 4.69) is 20.5 Å². The van der Waals surface area contributed by atoms with Crippen molar-refractivity contribution in [1.29, 1.82) is 0 Å². The van der Waals surface area contributed by atoms with Crippen LogP contribution in [0, 0.1) is 0 Å². The van der Waals surface area contributed by atoms with Crippen LogP contribution in [0.3, 0.4) is 0 Å². The lowest BCUT2D eigenvalue weighted by Gasteiger charge is -1.97. The Morgan fingerprint density at radius 3 is 3.05 bits per heavy atom. The van der Waals surface area contributed by atoms with Gasteiger partial charge < -0.3 is 4.42 Å². The van der Waals surface area contributed by atoms with Crippen molar-refractivity contribution >= 4 is 35.0 Å². The minimum Gasteiger partial charge on any atom is -0.431 e. The van der Waals surface area contributed by atoms with Gasteiger partial charge in [-0.1, -0.05) is 30.0 Å². The van der Waals surface area contributed by atoms with Crippen molar-refractivity contribution in [2.75, 3.05) is 5.75 Å². The fourth-order valence-corrected chi connectivity index (χ4v) is 2.33. The van der Waals surface area contributed by atoms with Gasteiger partial charge in [-0.3, -0.25) is 9.78 Å². The first kappa shape index (κ1) is 14.3. The van der Waals surface area contributed by atoms with Gasteiger partial charge in [0.05, 0.1) is 12.0 Å². The number of oxazole rings is 1. The minimum absolute atomic E-state index is 0.178. The maximum absolute atomic E-state index is 11.7. The average Bonchev–Trinajstić information content (AvgIpc) is 2.97. The van der Waals surface area contributed by atoms with Crippen molar-refractivity contribution < 1.29 is 9.21 Å². The lowest BCUT2D eigenvalue weighted by atomic mass is 10.3. The van der Waals surface area contributed by atoms with E-state index >= 15 is 0 Å². The van der Waals surface area contributed by atoms with E-state index in [1.54, 1.807) is 18.5 Å². The van der Waals surface area contributed by atoms with E-state index in [1.807, 2.05) is 30.3 Å². The summed E-state index contributed by atoms with van der Waals surface area (Å²) in [5.41, 5.74) is 4.75. The molecular formula is C15H12N4O2S. The fourth-order valence-electron chi connectivity index (χ4n) is 1.70. The molecule has 110 valence electrons. The number of hydrogen-bond acceptors (Lipinski definition) is 6. The monoisotopic (exact) mass is 312 g/mol. The number of rotatable bonds is 5. The molecule has 0 spiro atoms. The molecule has 3 aromatic rings. The number of nitrogens with one attached hydrogen (secondary N) is 1. The van der Waals surface area contributed by atoms with Crippen LogP contribution in [-0.4, -0.2) is 27.8 Å². The average molecular weight is 312 g/mol. The van der Waals surface area contributed by atoms with Gasteiger partial charge in [0.2, 0.25) is 0 Å². The van der Waals surface area contributed by atoms with E-state index < -0.39 is 0 Å². The summed E-state index contributed by atoms with van der Waals surface area (Å²) >= 11 is 1.22. The Kier molecular flexibility index (Phi) is 4.45. The molecule has 0 fully saturated rings. The number of amides is 1. The van der Waals surface area contributed by atoms with E-state index in [0.717, 1.165) is 11.1 Å². The van der Waals surface area contributed by atoms with Gasteiger partial charge in [0.15, 0.2) is 5.58 Å². The van der Waals surface area contributed by atoms with Crippen molar-refractivity contribution in [2.24, 2.45) is 5.10 Å². The summed E-state index contributed by atoms with van der Waals surface area (Å²) in [6, 6.07) is 11.1. The Morgan fingerprint density at radius 2 is 2.23 bits per heavy atom. The van der Waals surface area contributed by atoms with Gasteiger partial charge in [-0.15, -0.1) is 0 Å². The van der Waals surface area contributed by atoms with Crippen molar-refractivity contribution in [3.63, 3.8) is 0 Å². The second-order valence-corrected chi connectivity index (χ2v) is 5.24. The van der Waals surface area contributed by atoms with Crippen molar-refractivity contribution in [3.05, 3.63) is 54.4 Å². The van der Waals surface area contributed by atoms with E-state index in [4.69, 9.17) is 4.42 Å². The van der Waals surface area contributed by atoms with Gasteiger partial charge in [0, 0.05) is 18.0 Å². The Morgan fingerprint density at radius 1 is 1.32 bits per heavy atom. The van der Waals surface area contributed by atoms with Gasteiger partial charge in [-0.25, -0.2) is 10.4 Å². The van der Waals surface area contributed by atoms with Crippen LogP contribution in [0.2, 0.25) is 0 Å². The second-order valence-electron chi connectivity index (χ2n) is 4.32. The quantitative estimate of drug-likeness (QED) is 0.445. The fraction of sp³-hybridized carbons (Fsp3) is 0.0667. The lowest BCUT2D eigenvalue weighted by molar-refractivity contribution is -0.118. The molecular weight excluding hydrogens is 300 g/mol. The number of para-hydroxylation sites is 2. The molecule has 1 aromatic carbocycles. The zero-order chi connectivity index (χ0) is 15.2. The maximum atomic E-state index is 11.7. The van der Waals surface area contributed by atoms with Crippen LogP contribution in [0.1, 0.15) is 5.56 Å². The van der Waals surface area contributed by atoms with Gasteiger partial charge in [0.25, 0.3) is 11.1 Å². The summed E-state index contributed by atoms with van der Waals surface area (Å²) in [6.45, 7) is 0. The van der Waals surface area contributed by atoms with E-state index in [9.17, 15) is 4.79 Å². The van der Waals surface area contributed by atoms with Crippen LogP contribution in [0.5, 0.6) is 0 Å². The van der Waals surface area contributed by atoms with Crippen molar-refractivity contribution in [3.8, 4) is 0 Å². The Bertz CT molecular complexity index is 768. The number of nitrogens with zero attached hydrogens (tertiary/aromatic N) is 3. The molecule has 0 unspecified atom stereocenters. The first-order valence-corrected chi connectivity index (χ1v) is 7.50. The number of benzene rings is 1. The van der Waals surface area contributed by atoms with Crippen LogP contribution < -0.4 is 5.43 Å². The molecule has 0 saturated heterocycles. The SMILES string of the molecule is O=C(CSc1nc2ccccc2o1)NN=Cc1cccnc1. The molecule has 0 bridgehead atoms. The molecule has 0 atom stereocenters. The van der Waals surface area contributed by atoms with Crippen LogP contribution in [0.4, 0.5) is 0 Å². The number of carbonyl (C=O) groups excluding carboxylic acids is 1.